The molecular formula is C8H10F3N3O8S2. The topological polar surface area (TPSA) is 154 Å². The van der Waals surface area contributed by atoms with E-state index >= 15 is 0 Å². The lowest BCUT2D eigenvalue weighted by Crippen LogP contribution is -2.56. The Morgan fingerprint density at radius 3 is 2.33 bits per heavy atom. The number of ether oxygens (including phenoxy) is 2. The second-order valence-electron chi connectivity index (χ2n) is 4.80. The smallest absolute Gasteiger partial charge is 0.349 e. The first-order valence-electron chi connectivity index (χ1n) is 6.05. The molecule has 0 amide bonds. The van der Waals surface area contributed by atoms with E-state index in [4.69, 9.17) is 15.0 Å². The number of alkyl halides is 3. The lowest BCUT2D eigenvalue weighted by atomic mass is 10.00. The third-order valence-corrected chi connectivity index (χ3v) is 4.65. The van der Waals surface area contributed by atoms with Gasteiger partial charge in [-0.2, -0.15) is 30.0 Å². The molecule has 2 saturated heterocycles. The number of rotatable bonds is 5. The Bertz CT molecular complexity index is 747. The fraction of sp³-hybridized carbons (Fsp3) is 1.00. The van der Waals surface area contributed by atoms with Gasteiger partial charge in [-0.25, -0.2) is 0 Å². The first-order valence-corrected chi connectivity index (χ1v) is 9.27. The molecule has 0 aliphatic carbocycles. The van der Waals surface area contributed by atoms with Gasteiger partial charge < -0.3 is 9.47 Å². The van der Waals surface area contributed by atoms with Crippen LogP contribution < -0.4 is 0 Å². The number of halogens is 3. The fourth-order valence-corrected chi connectivity index (χ4v) is 3.43. The summed E-state index contributed by atoms with van der Waals surface area (Å²) in [6.45, 7) is -0.413. The molecule has 2 aliphatic heterocycles. The number of hydrogen-bond donors (Lipinski definition) is 0. The molecule has 0 radical (unpaired) electrons. The number of azide groups is 1. The highest BCUT2D eigenvalue weighted by Gasteiger charge is 2.58. The van der Waals surface area contributed by atoms with E-state index in [2.05, 4.69) is 18.4 Å². The predicted molar refractivity (Wildman–Crippen MR) is 67.1 cm³/mol. The van der Waals surface area contributed by atoms with Crippen LogP contribution in [0.5, 0.6) is 0 Å². The van der Waals surface area contributed by atoms with Gasteiger partial charge in [0, 0.05) is 4.91 Å². The van der Waals surface area contributed by atoms with Crippen molar-refractivity contribution < 1.29 is 47.8 Å². The van der Waals surface area contributed by atoms with E-state index in [1.165, 1.54) is 0 Å². The average molecular weight is 397 g/mol. The zero-order chi connectivity index (χ0) is 18.3. The van der Waals surface area contributed by atoms with Gasteiger partial charge in [0.25, 0.3) is 10.1 Å². The van der Waals surface area contributed by atoms with Crippen LogP contribution in [0.1, 0.15) is 0 Å². The molecule has 0 N–H and O–H groups in total. The average Bonchev–Trinajstić information content (AvgIpc) is 2.82. The Kier molecular flexibility index (Phi) is 5.02. The van der Waals surface area contributed by atoms with Gasteiger partial charge in [-0.05, 0) is 5.53 Å². The number of fused-ring (bicyclic) bond motifs is 2. The van der Waals surface area contributed by atoms with Gasteiger partial charge >= 0.3 is 15.6 Å². The van der Waals surface area contributed by atoms with Gasteiger partial charge in [-0.15, -0.1) is 0 Å². The highest BCUT2D eigenvalue weighted by atomic mass is 32.2. The van der Waals surface area contributed by atoms with E-state index in [1.807, 2.05) is 0 Å². The highest BCUT2D eigenvalue weighted by molar-refractivity contribution is 7.87. The molecule has 0 aromatic rings. The summed E-state index contributed by atoms with van der Waals surface area (Å²) in [4.78, 5) is 2.40. The van der Waals surface area contributed by atoms with Gasteiger partial charge in [0.2, 0.25) is 0 Å². The van der Waals surface area contributed by atoms with E-state index in [1.54, 1.807) is 0 Å². The van der Waals surface area contributed by atoms with Gasteiger partial charge in [-0.3, -0.25) is 8.37 Å². The lowest BCUT2D eigenvalue weighted by Gasteiger charge is -2.37. The summed E-state index contributed by atoms with van der Waals surface area (Å²) in [7, 11) is -10.4. The number of hydrogen-bond acceptors (Lipinski definition) is 9. The first-order chi connectivity index (χ1) is 10.9. The summed E-state index contributed by atoms with van der Waals surface area (Å²) in [6, 6.07) is -1.59. The summed E-state index contributed by atoms with van der Waals surface area (Å²) in [6.07, 6.45) is -6.05. The zero-order valence-corrected chi connectivity index (χ0v) is 13.3. The van der Waals surface area contributed by atoms with Crippen LogP contribution in [0.4, 0.5) is 13.2 Å². The minimum Gasteiger partial charge on any atom is -0.349 e. The molecule has 0 aromatic carbocycles. The molecule has 0 spiro atoms. The Hall–Kier alpha value is -1.16. The maximum Gasteiger partial charge on any atom is 0.523 e. The third-order valence-electron chi connectivity index (χ3n) is 3.03. The Morgan fingerprint density at radius 2 is 1.83 bits per heavy atom. The predicted octanol–water partition coefficient (Wildman–Crippen LogP) is -0.000000000000000444. The molecule has 2 heterocycles. The van der Waals surface area contributed by atoms with E-state index < -0.39 is 63.0 Å². The van der Waals surface area contributed by atoms with Crippen LogP contribution >= 0.6 is 0 Å². The van der Waals surface area contributed by atoms with E-state index in [-0.39, 0.29) is 0 Å². The fourth-order valence-electron chi connectivity index (χ4n) is 2.16. The second kappa shape index (κ2) is 6.29. The second-order valence-corrected chi connectivity index (χ2v) is 7.96. The Labute approximate surface area is 133 Å². The van der Waals surface area contributed by atoms with Crippen molar-refractivity contribution in [3.63, 3.8) is 0 Å². The summed E-state index contributed by atoms with van der Waals surface area (Å²) in [5.74, 6) is 0. The van der Waals surface area contributed by atoms with Gasteiger partial charge in [0.1, 0.15) is 24.4 Å². The van der Waals surface area contributed by atoms with E-state index in [0.717, 1.165) is 0 Å². The molecule has 2 bridgehead atoms. The SMILES string of the molecule is CS(=O)(=O)O[C@@H]1[C@@H](N=[N+]=[N-])[C@@H]2OC[C@@H](O2)[C@H]1OS(=O)(=O)C(F)(F)F. The maximum absolute atomic E-state index is 12.5. The highest BCUT2D eigenvalue weighted by Crippen LogP contribution is 2.37. The zero-order valence-electron chi connectivity index (χ0n) is 11.7. The third kappa shape index (κ3) is 3.90. The summed E-state index contributed by atoms with van der Waals surface area (Å²) in [5.41, 5.74) is 2.76. The molecule has 11 nitrogen and oxygen atoms in total. The Balaban J connectivity index is 2.42. The van der Waals surface area contributed by atoms with Gasteiger partial charge in [0.15, 0.2) is 6.29 Å². The monoisotopic (exact) mass is 397 g/mol. The van der Waals surface area contributed by atoms with Crippen molar-refractivity contribution in [1.29, 1.82) is 0 Å². The summed E-state index contributed by atoms with van der Waals surface area (Å²) in [5, 5.41) is 3.16. The van der Waals surface area contributed by atoms with Crippen LogP contribution in [-0.4, -0.2) is 65.9 Å². The van der Waals surface area contributed by atoms with Crippen molar-refractivity contribution in [2.75, 3.05) is 12.9 Å². The minimum absolute atomic E-state index is 0.413. The molecular weight excluding hydrogens is 387 g/mol. The van der Waals surface area contributed by atoms with Crippen molar-refractivity contribution >= 4 is 20.2 Å². The van der Waals surface area contributed by atoms with Crippen LogP contribution in [0, 0.1) is 0 Å². The standard InChI is InChI=1S/C8H10F3N3O8S2/c1-23(15,16)21-6-4(13-14-12)7-19-2-3(20-7)5(6)22-24(17,18)8(9,10)11/h3-7H,2H2,1H3/t3-,4-,5-,6-,7-/m1/s1. The molecule has 2 aliphatic rings. The van der Waals surface area contributed by atoms with E-state index in [9.17, 15) is 30.0 Å². The lowest BCUT2D eigenvalue weighted by molar-refractivity contribution is -0.166. The maximum atomic E-state index is 12.5. The molecule has 138 valence electrons. The van der Waals surface area contributed by atoms with Crippen LogP contribution in [0.15, 0.2) is 5.11 Å². The van der Waals surface area contributed by atoms with Crippen molar-refractivity contribution in [2.24, 2.45) is 5.11 Å². The first kappa shape index (κ1) is 19.2. The largest absolute Gasteiger partial charge is 0.523 e. The van der Waals surface area contributed by atoms with Crippen LogP contribution in [-0.2, 0) is 38.1 Å². The molecule has 2 fully saturated rings. The molecule has 2 rings (SSSR count). The summed E-state index contributed by atoms with van der Waals surface area (Å²) >= 11 is 0. The van der Waals surface area contributed by atoms with Crippen molar-refractivity contribution in [3.05, 3.63) is 10.4 Å². The number of nitrogens with zero attached hydrogens (tertiary/aromatic N) is 3. The molecule has 16 heteroatoms. The molecule has 24 heavy (non-hydrogen) atoms. The minimum atomic E-state index is -6.09. The van der Waals surface area contributed by atoms with Gasteiger partial charge in [-0.1, -0.05) is 5.11 Å². The van der Waals surface area contributed by atoms with Crippen molar-refractivity contribution in [1.82, 2.24) is 0 Å². The van der Waals surface area contributed by atoms with Crippen LogP contribution in [0.3, 0.4) is 0 Å². The normalized spacial score (nSPS) is 33.9. The summed E-state index contributed by atoms with van der Waals surface area (Å²) < 4.78 is 101. The van der Waals surface area contributed by atoms with Crippen LogP contribution in [0.25, 0.3) is 10.4 Å². The molecule has 5 atom stereocenters. The molecule has 0 saturated carbocycles. The van der Waals surface area contributed by atoms with Crippen LogP contribution in [0.2, 0.25) is 0 Å². The van der Waals surface area contributed by atoms with Gasteiger partial charge in [0.05, 0.1) is 12.9 Å². The van der Waals surface area contributed by atoms with E-state index in [0.29, 0.717) is 6.26 Å². The molecule has 0 aromatic heterocycles. The van der Waals surface area contributed by atoms with Crippen molar-refractivity contribution in [3.8, 4) is 0 Å². The van der Waals surface area contributed by atoms with Crippen molar-refractivity contribution in [2.45, 2.75) is 36.2 Å². The quantitative estimate of drug-likeness (QED) is 0.206. The molecule has 0 unspecified atom stereocenters. The Morgan fingerprint density at radius 1 is 1.21 bits per heavy atom.